The van der Waals surface area contributed by atoms with Crippen LogP contribution in [0.5, 0.6) is 0 Å². The van der Waals surface area contributed by atoms with E-state index in [9.17, 15) is 0 Å². The molecular weight excluding hydrogens is 932 g/mol. The number of benzene rings is 5. The molecule has 0 amide bonds. The second kappa shape index (κ2) is 16.1. The number of furan rings is 1. The van der Waals surface area contributed by atoms with Crippen molar-refractivity contribution < 1.29 is 4.42 Å². The molecule has 1 aromatic heterocycles. The lowest BCUT2D eigenvalue weighted by atomic mass is 9.34. The molecule has 0 N–H and O–H groups in total. The zero-order chi connectivity index (χ0) is 55.7. The molecule has 0 fully saturated rings. The summed E-state index contributed by atoms with van der Waals surface area (Å²) in [4.78, 5) is 5.58. The van der Waals surface area contributed by atoms with Gasteiger partial charge in [0.1, 0.15) is 5.76 Å². The first kappa shape index (κ1) is 52.7. The Morgan fingerprint density at radius 3 is 1.42 bits per heavy atom. The van der Waals surface area contributed by atoms with Crippen molar-refractivity contribution in [3.63, 3.8) is 0 Å². The smallest absolute Gasteiger partial charge is 0.297 e. The summed E-state index contributed by atoms with van der Waals surface area (Å²) in [5, 5.41) is 0. The normalized spacial score (nSPS) is 22.0. The summed E-state index contributed by atoms with van der Waals surface area (Å²) in [5.41, 5.74) is 29.8. The van der Waals surface area contributed by atoms with Crippen LogP contribution < -0.4 is 26.4 Å². The van der Waals surface area contributed by atoms with Crippen LogP contribution in [0, 0.1) is 20.8 Å². The highest BCUT2D eigenvalue weighted by atomic mass is 16.3. The molecule has 4 heteroatoms. The lowest BCUT2D eigenvalue weighted by molar-refractivity contribution is 0.282. The quantitative estimate of drug-likeness (QED) is 0.164. The van der Waals surface area contributed by atoms with Crippen LogP contribution >= 0.6 is 0 Å². The second-order valence-corrected chi connectivity index (χ2v) is 32.2. The van der Waals surface area contributed by atoms with Gasteiger partial charge in [-0.3, -0.25) is 0 Å². The molecule has 0 bridgehead atoms. The van der Waals surface area contributed by atoms with E-state index in [4.69, 9.17) is 4.42 Å². The minimum atomic E-state index is -0.158. The van der Waals surface area contributed by atoms with E-state index in [0.717, 1.165) is 37.8 Å². The average Bonchev–Trinajstić information content (AvgIpc) is 3.70. The highest BCUT2D eigenvalue weighted by molar-refractivity contribution is 6.99. The molecule has 404 valence electrons. The molecule has 12 rings (SSSR count). The molecule has 77 heavy (non-hydrogen) atoms. The van der Waals surface area contributed by atoms with Gasteiger partial charge in [-0.05, 0) is 224 Å². The van der Waals surface area contributed by atoms with Crippen LogP contribution in [0.2, 0.25) is 0 Å². The van der Waals surface area contributed by atoms with Crippen molar-refractivity contribution in [2.75, 3.05) is 9.80 Å². The molecule has 0 saturated carbocycles. The number of anilines is 6. The molecule has 3 heterocycles. The number of hydrogen-bond acceptors (Lipinski definition) is 3. The van der Waals surface area contributed by atoms with Crippen LogP contribution in [0.3, 0.4) is 0 Å². The van der Waals surface area contributed by atoms with Gasteiger partial charge in [-0.1, -0.05) is 161 Å². The lowest BCUT2D eigenvalue weighted by Crippen LogP contribution is -2.61. The average molecular weight is 1030 g/mol. The minimum Gasteiger partial charge on any atom is -0.472 e. The van der Waals surface area contributed by atoms with Crippen molar-refractivity contribution in [3.8, 4) is 11.1 Å². The SMILES string of the molecule is Cc1cc(C)c(-c2cc3c(cc2N2c4cc5c(cc4B4c6oc7c(c6N(c6ccc8c(c6)C(C)(C)CCC8(C)C)c6cc(C(C)(C)C)cc2c64)C(C)(C)CCC7(C)C)C(C)(C)CCC5(C)C)C(C)(C)CCC3(C)C)c(C)c1. The summed E-state index contributed by atoms with van der Waals surface area (Å²) in [6.07, 6.45) is 9.19. The van der Waals surface area contributed by atoms with Gasteiger partial charge in [-0.25, -0.2) is 0 Å². The first-order valence-corrected chi connectivity index (χ1v) is 30.1. The van der Waals surface area contributed by atoms with Gasteiger partial charge in [-0.2, -0.15) is 0 Å². The summed E-state index contributed by atoms with van der Waals surface area (Å²) in [5.74, 6) is 1.18. The molecule has 6 aliphatic rings. The van der Waals surface area contributed by atoms with Crippen LogP contribution in [0.1, 0.15) is 250 Å². The third-order valence-electron chi connectivity index (χ3n) is 21.6. The maximum atomic E-state index is 8.00. The Morgan fingerprint density at radius 2 is 0.883 bits per heavy atom. The Labute approximate surface area is 466 Å². The first-order valence-electron chi connectivity index (χ1n) is 30.1. The van der Waals surface area contributed by atoms with Crippen LogP contribution in [0.15, 0.2) is 71.1 Å². The van der Waals surface area contributed by atoms with Gasteiger partial charge in [-0.15, -0.1) is 0 Å². The fourth-order valence-corrected chi connectivity index (χ4v) is 16.1. The number of nitrogens with zero attached hydrogens (tertiary/aromatic N) is 2. The molecule has 0 saturated heterocycles. The third-order valence-corrected chi connectivity index (χ3v) is 21.6. The number of aryl methyl sites for hydroxylation is 3. The predicted octanol–water partition coefficient (Wildman–Crippen LogP) is 18.6. The second-order valence-electron chi connectivity index (χ2n) is 32.2. The van der Waals surface area contributed by atoms with E-state index in [2.05, 4.69) is 229 Å². The van der Waals surface area contributed by atoms with Gasteiger partial charge in [0.15, 0.2) is 0 Å². The Bertz CT molecular complexity index is 3490. The van der Waals surface area contributed by atoms with Gasteiger partial charge in [0, 0.05) is 39.3 Å². The van der Waals surface area contributed by atoms with Crippen LogP contribution in [0.25, 0.3) is 11.1 Å². The highest BCUT2D eigenvalue weighted by Gasteiger charge is 2.54. The Morgan fingerprint density at radius 1 is 0.442 bits per heavy atom. The lowest BCUT2D eigenvalue weighted by Gasteiger charge is -2.48. The Hall–Kier alpha value is -4.96. The molecular formula is C73H93BN2O. The fourth-order valence-electron chi connectivity index (χ4n) is 16.1. The van der Waals surface area contributed by atoms with Crippen molar-refractivity contribution >= 4 is 57.4 Å². The maximum Gasteiger partial charge on any atom is 0.297 e. The Balaban J connectivity index is 1.29. The van der Waals surface area contributed by atoms with E-state index in [0.29, 0.717) is 0 Å². The molecule has 4 aliphatic carbocycles. The van der Waals surface area contributed by atoms with E-state index in [1.807, 2.05) is 0 Å². The monoisotopic (exact) mass is 1020 g/mol. The van der Waals surface area contributed by atoms with Crippen molar-refractivity contribution in [1.82, 2.24) is 0 Å². The summed E-state index contributed by atoms with van der Waals surface area (Å²) in [6.45, 7) is 54.1. The predicted molar refractivity (Wildman–Crippen MR) is 332 cm³/mol. The van der Waals surface area contributed by atoms with Crippen molar-refractivity contribution in [1.29, 1.82) is 0 Å². The number of fused-ring (bicyclic) bond motifs is 9. The van der Waals surface area contributed by atoms with Crippen LogP contribution in [-0.2, 0) is 48.7 Å². The molecule has 0 unspecified atom stereocenters. The van der Waals surface area contributed by atoms with Gasteiger partial charge < -0.3 is 14.2 Å². The standard InChI is InChI=1S/C73H93BN2O/c1-42-33-43(2)59(44(3)34-42)47-38-50-52(70(15,16)29-27-68(50,11)12)40-55(47)76-56-41-53-51(69(13,14)28-30-71(53,17)18)39-54(56)74-61-57(35-45(36-58(61)76)65(4,5)6)75(46-23-24-48-49(37-46)67(9,10)26-25-66(48,7)8)62-60-63(77-64(62)74)73(21,22)32-31-72(60,19)20/h23-24,33-41H,25-32H2,1-22H3. The zero-order valence-electron chi connectivity index (χ0n) is 51.9. The van der Waals surface area contributed by atoms with Crippen LogP contribution in [-0.4, -0.2) is 6.71 Å². The largest absolute Gasteiger partial charge is 0.472 e. The molecule has 0 radical (unpaired) electrons. The third kappa shape index (κ3) is 7.68. The van der Waals surface area contributed by atoms with E-state index < -0.39 is 0 Å². The van der Waals surface area contributed by atoms with Crippen molar-refractivity contribution in [2.24, 2.45) is 0 Å². The zero-order valence-corrected chi connectivity index (χ0v) is 51.9. The van der Waals surface area contributed by atoms with Crippen LogP contribution in [0.4, 0.5) is 34.1 Å². The summed E-state index contributed by atoms with van der Waals surface area (Å²) in [6, 6.07) is 28.6. The summed E-state index contributed by atoms with van der Waals surface area (Å²) < 4.78 is 8.00. The first-order chi connectivity index (χ1) is 35.5. The van der Waals surface area contributed by atoms with E-state index in [-0.39, 0.29) is 55.4 Å². The van der Waals surface area contributed by atoms with Crippen molar-refractivity contribution in [3.05, 3.63) is 134 Å². The summed E-state index contributed by atoms with van der Waals surface area (Å²) >= 11 is 0. The summed E-state index contributed by atoms with van der Waals surface area (Å²) in [7, 11) is 0. The van der Waals surface area contributed by atoms with Gasteiger partial charge in [0.05, 0.1) is 17.0 Å². The molecule has 0 spiro atoms. The van der Waals surface area contributed by atoms with Crippen molar-refractivity contribution in [2.45, 2.75) is 252 Å². The minimum absolute atomic E-state index is 0.000214. The Kier molecular flexibility index (Phi) is 11.0. The van der Waals surface area contributed by atoms with Gasteiger partial charge in [0.25, 0.3) is 6.71 Å². The fraction of sp³-hybridized carbons (Fsp3) is 0.534. The van der Waals surface area contributed by atoms with E-state index >= 15 is 0 Å². The number of hydrogen-bond donors (Lipinski definition) is 0. The van der Waals surface area contributed by atoms with E-state index in [1.54, 1.807) is 0 Å². The van der Waals surface area contributed by atoms with Gasteiger partial charge in [0.2, 0.25) is 0 Å². The molecule has 6 aromatic rings. The molecule has 0 atom stereocenters. The molecule has 3 nitrogen and oxygen atoms in total. The molecule has 5 aromatic carbocycles. The molecule has 2 aliphatic heterocycles. The topological polar surface area (TPSA) is 19.6 Å². The number of rotatable bonds is 3. The van der Waals surface area contributed by atoms with E-state index in [1.165, 1.54) is 142 Å². The highest BCUT2D eigenvalue weighted by Crippen LogP contribution is 2.59. The van der Waals surface area contributed by atoms with Gasteiger partial charge >= 0.3 is 0 Å². The maximum absolute atomic E-state index is 8.00.